The maximum Gasteiger partial charge on any atom is 0.303 e. The summed E-state index contributed by atoms with van der Waals surface area (Å²) in [6.45, 7) is 6.70. The van der Waals surface area contributed by atoms with Crippen LogP contribution < -0.4 is 0 Å². The number of ether oxygens (including phenoxy) is 1. The molecule has 188 valence electrons. The van der Waals surface area contributed by atoms with Crippen LogP contribution in [0.5, 0.6) is 0 Å². The van der Waals surface area contributed by atoms with Gasteiger partial charge < -0.3 is 19.8 Å². The van der Waals surface area contributed by atoms with Crippen molar-refractivity contribution >= 4 is 29.2 Å². The number of rotatable bonds is 10. The second-order valence-electron chi connectivity index (χ2n) is 8.51. The van der Waals surface area contributed by atoms with Crippen molar-refractivity contribution in [3.05, 3.63) is 69.0 Å². The smallest absolute Gasteiger partial charge is 0.303 e. The topological polar surface area (TPSA) is 70.0 Å². The van der Waals surface area contributed by atoms with Crippen LogP contribution in [0.2, 0.25) is 10.0 Å². The highest BCUT2D eigenvalue weighted by atomic mass is 35.5. The average Bonchev–Trinajstić information content (AvgIpc) is 3.29. The van der Waals surface area contributed by atoms with Crippen LogP contribution in [-0.2, 0) is 16.0 Å². The van der Waals surface area contributed by atoms with E-state index in [-0.39, 0.29) is 25.6 Å². The summed E-state index contributed by atoms with van der Waals surface area (Å²) >= 11 is 11.3. The lowest BCUT2D eigenvalue weighted by Gasteiger charge is -2.24. The monoisotopic (exact) mass is 513 g/mol. The molecule has 1 fully saturated rings. The second kappa shape index (κ2) is 14.6. The molecule has 5 nitrogen and oxygen atoms in total. The fourth-order valence-electron chi connectivity index (χ4n) is 3.94. The van der Waals surface area contributed by atoms with E-state index in [2.05, 4.69) is 4.90 Å². The Morgan fingerprint density at radius 2 is 1.88 bits per heavy atom. The first-order valence-electron chi connectivity index (χ1n) is 11.6. The number of carboxylic acid groups (broad SMARTS) is 1. The highest BCUT2D eigenvalue weighted by Gasteiger charge is 2.21. The van der Waals surface area contributed by atoms with Gasteiger partial charge in [0.15, 0.2) is 0 Å². The summed E-state index contributed by atoms with van der Waals surface area (Å²) in [5, 5.41) is 20.3. The number of likely N-dealkylation sites (tertiary alicyclic amines) is 1. The zero-order valence-electron chi connectivity index (χ0n) is 19.8. The van der Waals surface area contributed by atoms with Gasteiger partial charge in [0.1, 0.15) is 5.82 Å². The molecule has 0 aromatic heterocycles. The van der Waals surface area contributed by atoms with Crippen molar-refractivity contribution in [3.63, 3.8) is 0 Å². The van der Waals surface area contributed by atoms with Crippen LogP contribution in [0.3, 0.4) is 0 Å². The Morgan fingerprint density at radius 1 is 1.18 bits per heavy atom. The van der Waals surface area contributed by atoms with Crippen molar-refractivity contribution < 1.29 is 24.1 Å². The van der Waals surface area contributed by atoms with Gasteiger partial charge in [-0.05, 0) is 80.6 Å². The van der Waals surface area contributed by atoms with Crippen molar-refractivity contribution in [1.82, 2.24) is 4.90 Å². The molecule has 2 aromatic rings. The normalized spacial score (nSPS) is 15.5. The first-order valence-corrected chi connectivity index (χ1v) is 12.4. The van der Waals surface area contributed by atoms with Gasteiger partial charge in [-0.1, -0.05) is 48.3 Å². The molecule has 3 rings (SSSR count). The molecule has 8 heteroatoms. The summed E-state index contributed by atoms with van der Waals surface area (Å²) in [4.78, 5) is 13.0. The van der Waals surface area contributed by atoms with Crippen LogP contribution in [-0.4, -0.2) is 53.4 Å². The van der Waals surface area contributed by atoms with E-state index in [0.29, 0.717) is 34.1 Å². The summed E-state index contributed by atoms with van der Waals surface area (Å²) in [5.74, 6) is -1.36. The molecule has 2 N–H and O–H groups in total. The minimum absolute atomic E-state index is 0.123. The quantitative estimate of drug-likeness (QED) is 0.403. The van der Waals surface area contributed by atoms with Crippen LogP contribution in [0.15, 0.2) is 36.4 Å². The third-order valence-electron chi connectivity index (χ3n) is 5.69. The largest absolute Gasteiger partial charge is 0.481 e. The van der Waals surface area contributed by atoms with E-state index in [1.165, 1.54) is 18.9 Å². The first-order chi connectivity index (χ1) is 16.2. The third kappa shape index (κ3) is 9.51. The highest BCUT2D eigenvalue weighted by molar-refractivity contribution is 6.42. The minimum Gasteiger partial charge on any atom is -0.481 e. The lowest BCUT2D eigenvalue weighted by atomic mass is 9.96. The maximum absolute atomic E-state index is 14.2. The maximum atomic E-state index is 14.2. The van der Waals surface area contributed by atoms with Crippen molar-refractivity contribution in [2.24, 2.45) is 0 Å². The number of aliphatic hydroxyl groups excluding tert-OH is 1. The molecule has 0 amide bonds. The zero-order chi connectivity index (χ0) is 25.1. The summed E-state index contributed by atoms with van der Waals surface area (Å²) in [7, 11) is 0. The Morgan fingerprint density at radius 3 is 2.47 bits per heavy atom. The van der Waals surface area contributed by atoms with Gasteiger partial charge in [-0.25, -0.2) is 4.39 Å². The molecular weight excluding hydrogens is 480 g/mol. The lowest BCUT2D eigenvalue weighted by molar-refractivity contribution is -0.136. The van der Waals surface area contributed by atoms with Crippen molar-refractivity contribution in [2.45, 2.75) is 58.2 Å². The molecule has 2 atom stereocenters. The third-order valence-corrected chi connectivity index (χ3v) is 6.43. The summed E-state index contributed by atoms with van der Waals surface area (Å²) in [6, 6.07) is 10.3. The van der Waals surface area contributed by atoms with Gasteiger partial charge in [0.25, 0.3) is 0 Å². The molecule has 0 saturated carbocycles. The van der Waals surface area contributed by atoms with Gasteiger partial charge in [0.2, 0.25) is 0 Å². The van der Waals surface area contributed by atoms with E-state index < -0.39 is 17.9 Å². The number of halogens is 3. The van der Waals surface area contributed by atoms with Crippen LogP contribution in [0, 0.1) is 12.7 Å². The van der Waals surface area contributed by atoms with Crippen molar-refractivity contribution in [3.8, 4) is 0 Å². The number of benzene rings is 2. The number of hydrogen-bond acceptors (Lipinski definition) is 4. The number of aliphatic carboxylic acids is 1. The van der Waals surface area contributed by atoms with Gasteiger partial charge in [-0.2, -0.15) is 0 Å². The Hall–Kier alpha value is -1.70. The zero-order valence-corrected chi connectivity index (χ0v) is 21.3. The molecule has 1 saturated heterocycles. The summed E-state index contributed by atoms with van der Waals surface area (Å²) in [5.41, 5.74) is 2.20. The van der Waals surface area contributed by atoms with Crippen LogP contribution in [0.25, 0.3) is 0 Å². The van der Waals surface area contributed by atoms with Crippen LogP contribution in [0.1, 0.15) is 55.4 Å². The number of nitrogens with zero attached hydrogens (tertiary/aromatic N) is 1. The van der Waals surface area contributed by atoms with Crippen LogP contribution >= 0.6 is 23.2 Å². The molecule has 1 aliphatic rings. The van der Waals surface area contributed by atoms with E-state index in [1.807, 2.05) is 26.0 Å². The molecule has 0 aliphatic carbocycles. The predicted octanol–water partition coefficient (Wildman–Crippen LogP) is 6.07. The number of hydrogen-bond donors (Lipinski definition) is 2. The molecular formula is C26H34Cl2FNO4. The average molecular weight is 514 g/mol. The number of aryl methyl sites for hydroxylation is 1. The van der Waals surface area contributed by atoms with Crippen molar-refractivity contribution in [1.29, 1.82) is 0 Å². The minimum atomic E-state index is -0.954. The number of carbonyl (C=O) groups is 1. The Bertz CT molecular complexity index is 922. The highest BCUT2D eigenvalue weighted by Crippen LogP contribution is 2.28. The molecule has 1 aliphatic heterocycles. The predicted molar refractivity (Wildman–Crippen MR) is 134 cm³/mol. The Labute approximate surface area is 211 Å². The van der Waals surface area contributed by atoms with E-state index in [4.69, 9.17) is 33.0 Å². The number of β-amino-alcohol motifs (C(OH)–C–C–N with tert-alkyl or cyclic N) is 1. The molecule has 0 spiro atoms. The fraction of sp³-hybridized carbons (Fsp3) is 0.500. The van der Waals surface area contributed by atoms with Crippen molar-refractivity contribution in [2.75, 3.05) is 26.2 Å². The van der Waals surface area contributed by atoms with E-state index >= 15 is 0 Å². The second-order valence-corrected chi connectivity index (χ2v) is 9.33. The van der Waals surface area contributed by atoms with Gasteiger partial charge in [0, 0.05) is 13.0 Å². The molecule has 0 radical (unpaired) electrons. The van der Waals surface area contributed by atoms with E-state index in [9.17, 15) is 14.3 Å². The molecule has 2 unspecified atom stereocenters. The number of aliphatic hydroxyl groups is 1. The number of carboxylic acids is 1. The molecule has 2 aromatic carbocycles. The Kier molecular flexibility index (Phi) is 12.3. The lowest BCUT2D eigenvalue weighted by Crippen LogP contribution is -2.33. The van der Waals surface area contributed by atoms with Gasteiger partial charge in [-0.15, -0.1) is 0 Å². The standard InChI is InChI=1S/C19H28FNO4.C7H6Cl2/c1-2-18(25-13-14(22)12-21-10-3-4-11-21)16-6-5-7-17(20)15(16)8-9-19(23)24;1-5-2-3-6(8)7(9)4-5/h5-7,14,18,22H,2-4,8-13H2,1H3,(H,23,24);2-4H,1H3. The van der Waals surface area contributed by atoms with E-state index in [0.717, 1.165) is 18.7 Å². The summed E-state index contributed by atoms with van der Waals surface area (Å²) < 4.78 is 20.0. The summed E-state index contributed by atoms with van der Waals surface area (Å²) in [6.07, 6.45) is 2.04. The van der Waals surface area contributed by atoms with Gasteiger partial charge in [0.05, 0.1) is 28.9 Å². The van der Waals surface area contributed by atoms with Crippen LogP contribution in [0.4, 0.5) is 4.39 Å². The molecule has 1 heterocycles. The van der Waals surface area contributed by atoms with E-state index in [1.54, 1.807) is 18.2 Å². The fourth-order valence-corrected chi connectivity index (χ4v) is 4.30. The molecule has 34 heavy (non-hydrogen) atoms. The molecule has 0 bridgehead atoms. The van der Waals surface area contributed by atoms with Gasteiger partial charge >= 0.3 is 5.97 Å². The Balaban J connectivity index is 0.000000379. The van der Waals surface area contributed by atoms with Gasteiger partial charge in [-0.3, -0.25) is 4.79 Å². The first kappa shape index (κ1) is 28.5. The SMILES string of the molecule is CCC(OCC(O)CN1CCCC1)c1cccc(F)c1CCC(=O)O.Cc1ccc(Cl)c(Cl)c1.